The van der Waals surface area contributed by atoms with Gasteiger partial charge >= 0.3 is 0 Å². The van der Waals surface area contributed by atoms with Crippen LogP contribution in [0.1, 0.15) is 13.3 Å². The number of hydrogen-bond acceptors (Lipinski definition) is 5. The summed E-state index contributed by atoms with van der Waals surface area (Å²) >= 11 is 0. The molecule has 0 radical (unpaired) electrons. The normalized spacial score (nSPS) is 12.1. The van der Waals surface area contributed by atoms with E-state index in [0.29, 0.717) is 29.3 Å². The van der Waals surface area contributed by atoms with E-state index in [1.165, 1.54) is 14.2 Å². The monoisotopic (exact) mass is 392 g/mol. The van der Waals surface area contributed by atoms with Crippen LogP contribution < -0.4 is 19.1 Å². The van der Waals surface area contributed by atoms with Crippen molar-refractivity contribution in [1.29, 1.82) is 0 Å². The number of sulfonamides is 1. The Labute approximate surface area is 160 Å². The third kappa shape index (κ3) is 5.13. The van der Waals surface area contributed by atoms with Gasteiger partial charge in [-0.05, 0) is 30.7 Å². The summed E-state index contributed by atoms with van der Waals surface area (Å²) in [5.41, 5.74) is 0.890. The minimum atomic E-state index is -3.71. The summed E-state index contributed by atoms with van der Waals surface area (Å²) < 4.78 is 36.4. The molecule has 1 atom stereocenters. The van der Waals surface area contributed by atoms with E-state index < -0.39 is 22.0 Å². The van der Waals surface area contributed by atoms with Gasteiger partial charge in [-0.15, -0.1) is 0 Å². The molecule has 2 rings (SSSR count). The Morgan fingerprint density at radius 2 is 1.67 bits per heavy atom. The molecule has 146 valence electrons. The first-order valence-electron chi connectivity index (χ1n) is 8.38. The van der Waals surface area contributed by atoms with Crippen LogP contribution in [0.25, 0.3) is 0 Å². The summed E-state index contributed by atoms with van der Waals surface area (Å²) in [6.07, 6.45) is 1.37. The van der Waals surface area contributed by atoms with Gasteiger partial charge in [0.05, 0.1) is 26.2 Å². The molecule has 1 N–H and O–H groups in total. The highest BCUT2D eigenvalue weighted by Gasteiger charge is 2.31. The summed E-state index contributed by atoms with van der Waals surface area (Å²) in [5.74, 6) is 0.664. The standard InChI is InChI=1S/C19H24N2O5S/c1-5-18(19(22)20-14-8-6-10-16(12-14)25-2)21(27(4,23)24)15-9-7-11-17(13-15)26-3/h6-13,18H,5H2,1-4H3,(H,20,22)/t18-/m1/s1. The first-order valence-corrected chi connectivity index (χ1v) is 10.2. The lowest BCUT2D eigenvalue weighted by molar-refractivity contribution is -0.117. The number of hydrogen-bond donors (Lipinski definition) is 1. The van der Waals surface area contributed by atoms with Gasteiger partial charge in [0.15, 0.2) is 0 Å². The Hall–Kier alpha value is -2.74. The van der Waals surface area contributed by atoms with Gasteiger partial charge in [0.2, 0.25) is 15.9 Å². The molecule has 1 amide bonds. The number of carbonyl (C=O) groups is 1. The van der Waals surface area contributed by atoms with Crippen LogP contribution in [-0.4, -0.2) is 40.8 Å². The lowest BCUT2D eigenvalue weighted by atomic mass is 10.1. The molecular formula is C19H24N2O5S. The van der Waals surface area contributed by atoms with Gasteiger partial charge < -0.3 is 14.8 Å². The van der Waals surface area contributed by atoms with Crippen LogP contribution in [0.15, 0.2) is 48.5 Å². The molecule has 0 spiro atoms. The summed E-state index contributed by atoms with van der Waals surface area (Å²) in [6.45, 7) is 1.76. The molecular weight excluding hydrogens is 368 g/mol. The van der Waals surface area contributed by atoms with E-state index >= 15 is 0 Å². The van der Waals surface area contributed by atoms with E-state index in [0.717, 1.165) is 10.6 Å². The Morgan fingerprint density at radius 1 is 1.07 bits per heavy atom. The quantitative estimate of drug-likeness (QED) is 0.747. The average Bonchev–Trinajstić information content (AvgIpc) is 2.64. The van der Waals surface area contributed by atoms with Crippen LogP contribution in [0.5, 0.6) is 11.5 Å². The average molecular weight is 392 g/mol. The smallest absolute Gasteiger partial charge is 0.248 e. The van der Waals surface area contributed by atoms with Gasteiger partial charge in [-0.25, -0.2) is 8.42 Å². The predicted molar refractivity (Wildman–Crippen MR) is 106 cm³/mol. The first kappa shape index (κ1) is 20.6. The summed E-state index contributed by atoms with van der Waals surface area (Å²) in [7, 11) is -0.684. The van der Waals surface area contributed by atoms with Crippen molar-refractivity contribution in [2.24, 2.45) is 0 Å². The van der Waals surface area contributed by atoms with Crippen molar-refractivity contribution in [2.75, 3.05) is 30.1 Å². The highest BCUT2D eigenvalue weighted by molar-refractivity contribution is 7.92. The van der Waals surface area contributed by atoms with Gasteiger partial charge in [0, 0.05) is 17.8 Å². The fourth-order valence-electron chi connectivity index (χ4n) is 2.73. The Balaban J connectivity index is 2.38. The van der Waals surface area contributed by atoms with Crippen molar-refractivity contribution in [3.05, 3.63) is 48.5 Å². The number of rotatable bonds is 8. The topological polar surface area (TPSA) is 84.9 Å². The molecule has 27 heavy (non-hydrogen) atoms. The molecule has 0 saturated heterocycles. The van der Waals surface area contributed by atoms with Gasteiger partial charge in [0.1, 0.15) is 17.5 Å². The van der Waals surface area contributed by atoms with Crippen molar-refractivity contribution in [1.82, 2.24) is 0 Å². The molecule has 0 aliphatic heterocycles. The van der Waals surface area contributed by atoms with Crippen LogP contribution in [0, 0.1) is 0 Å². The van der Waals surface area contributed by atoms with Crippen molar-refractivity contribution in [2.45, 2.75) is 19.4 Å². The molecule has 0 heterocycles. The van der Waals surface area contributed by atoms with E-state index in [1.54, 1.807) is 55.5 Å². The molecule has 0 fully saturated rings. The largest absolute Gasteiger partial charge is 0.497 e. The number of benzene rings is 2. The van der Waals surface area contributed by atoms with Gasteiger partial charge in [-0.1, -0.05) is 19.1 Å². The SMILES string of the molecule is CC[C@H](C(=O)Nc1cccc(OC)c1)N(c1cccc(OC)c1)S(C)(=O)=O. The second-order valence-electron chi connectivity index (χ2n) is 5.91. The summed E-state index contributed by atoms with van der Waals surface area (Å²) in [6, 6.07) is 12.6. The molecule has 7 nitrogen and oxygen atoms in total. The minimum absolute atomic E-state index is 0.292. The van der Waals surface area contributed by atoms with E-state index in [4.69, 9.17) is 9.47 Å². The fourth-order valence-corrected chi connectivity index (χ4v) is 3.94. The maximum atomic E-state index is 12.9. The Kier molecular flexibility index (Phi) is 6.68. The zero-order valence-corrected chi connectivity index (χ0v) is 16.6. The molecule has 0 aliphatic carbocycles. The summed E-state index contributed by atoms with van der Waals surface area (Å²) in [4.78, 5) is 12.9. The predicted octanol–water partition coefficient (Wildman–Crippen LogP) is 2.89. The van der Waals surface area contributed by atoms with Crippen molar-refractivity contribution in [3.8, 4) is 11.5 Å². The molecule has 0 aromatic heterocycles. The number of anilines is 2. The molecule has 0 unspecified atom stereocenters. The van der Waals surface area contributed by atoms with Crippen LogP contribution in [0.4, 0.5) is 11.4 Å². The molecule has 8 heteroatoms. The fraction of sp³-hybridized carbons (Fsp3) is 0.316. The van der Waals surface area contributed by atoms with Crippen molar-refractivity contribution in [3.63, 3.8) is 0 Å². The highest BCUT2D eigenvalue weighted by atomic mass is 32.2. The maximum absolute atomic E-state index is 12.9. The van der Waals surface area contributed by atoms with E-state index in [1.807, 2.05) is 0 Å². The van der Waals surface area contributed by atoms with Crippen LogP contribution >= 0.6 is 0 Å². The van der Waals surface area contributed by atoms with Crippen LogP contribution in [0.3, 0.4) is 0 Å². The van der Waals surface area contributed by atoms with Crippen LogP contribution in [0.2, 0.25) is 0 Å². The van der Waals surface area contributed by atoms with Crippen molar-refractivity contribution < 1.29 is 22.7 Å². The van der Waals surface area contributed by atoms with E-state index in [2.05, 4.69) is 5.32 Å². The van der Waals surface area contributed by atoms with E-state index in [-0.39, 0.29) is 0 Å². The molecule has 2 aromatic carbocycles. The number of amides is 1. The Bertz CT molecular complexity index is 898. The third-order valence-corrected chi connectivity index (χ3v) is 5.15. The van der Waals surface area contributed by atoms with E-state index in [9.17, 15) is 13.2 Å². The highest BCUT2D eigenvalue weighted by Crippen LogP contribution is 2.27. The zero-order chi connectivity index (χ0) is 20.0. The third-order valence-electron chi connectivity index (χ3n) is 3.97. The molecule has 0 aliphatic rings. The van der Waals surface area contributed by atoms with Gasteiger partial charge in [-0.3, -0.25) is 9.10 Å². The maximum Gasteiger partial charge on any atom is 0.248 e. The zero-order valence-electron chi connectivity index (χ0n) is 15.8. The number of nitrogens with zero attached hydrogens (tertiary/aromatic N) is 1. The number of methoxy groups -OCH3 is 2. The lowest BCUT2D eigenvalue weighted by Gasteiger charge is -2.30. The Morgan fingerprint density at radius 3 is 2.22 bits per heavy atom. The van der Waals surface area contributed by atoms with Crippen LogP contribution in [-0.2, 0) is 14.8 Å². The number of ether oxygens (including phenoxy) is 2. The molecule has 0 bridgehead atoms. The number of nitrogens with one attached hydrogen (secondary N) is 1. The minimum Gasteiger partial charge on any atom is -0.497 e. The van der Waals surface area contributed by atoms with Gasteiger partial charge in [0.25, 0.3) is 0 Å². The lowest BCUT2D eigenvalue weighted by Crippen LogP contribution is -2.47. The molecule has 0 saturated carbocycles. The summed E-state index contributed by atoms with van der Waals surface area (Å²) in [5, 5.41) is 2.76. The van der Waals surface area contributed by atoms with Gasteiger partial charge in [-0.2, -0.15) is 0 Å². The number of carbonyl (C=O) groups excluding carboxylic acids is 1. The second kappa shape index (κ2) is 8.77. The molecule has 2 aromatic rings. The second-order valence-corrected chi connectivity index (χ2v) is 7.76. The van der Waals surface area contributed by atoms with Crippen molar-refractivity contribution >= 4 is 27.3 Å². The first-order chi connectivity index (χ1) is 12.8.